The monoisotopic (exact) mass is 637 g/mol. The largest absolute Gasteiger partial charge is 0.455 e. The Labute approximate surface area is 290 Å². The third-order valence-electron chi connectivity index (χ3n) is 10.0. The van der Waals surface area contributed by atoms with Gasteiger partial charge in [0.15, 0.2) is 0 Å². The lowest BCUT2D eigenvalue weighted by atomic mass is 9.97. The van der Waals surface area contributed by atoms with E-state index in [0.717, 1.165) is 60.9 Å². The first-order valence-electron chi connectivity index (χ1n) is 17.1. The van der Waals surface area contributed by atoms with Crippen LogP contribution in [0, 0.1) is 0 Å². The maximum Gasteiger partial charge on any atom is 0.143 e. The Morgan fingerprint density at radius 1 is 0.320 bits per heavy atom. The van der Waals surface area contributed by atoms with Gasteiger partial charge in [-0.15, -0.1) is 0 Å². The van der Waals surface area contributed by atoms with Gasteiger partial charge in [0.05, 0.1) is 11.4 Å². The highest BCUT2D eigenvalue weighted by molar-refractivity contribution is 6.22. The van der Waals surface area contributed by atoms with Gasteiger partial charge < -0.3 is 9.32 Å². The molecule has 1 aromatic heterocycles. The topological polar surface area (TPSA) is 16.4 Å². The van der Waals surface area contributed by atoms with Crippen molar-refractivity contribution in [1.29, 1.82) is 0 Å². The smallest absolute Gasteiger partial charge is 0.143 e. The summed E-state index contributed by atoms with van der Waals surface area (Å²) < 4.78 is 6.87. The summed E-state index contributed by atoms with van der Waals surface area (Å²) in [5, 5.41) is 9.32. The minimum Gasteiger partial charge on any atom is -0.455 e. The number of benzene rings is 9. The van der Waals surface area contributed by atoms with E-state index in [1.54, 1.807) is 0 Å². The molecule has 0 aliphatic carbocycles. The lowest BCUT2D eigenvalue weighted by Gasteiger charge is -2.29. The van der Waals surface area contributed by atoms with Crippen LogP contribution < -0.4 is 4.90 Å². The van der Waals surface area contributed by atoms with Gasteiger partial charge in [-0.05, 0) is 57.1 Å². The number of rotatable bonds is 5. The van der Waals surface area contributed by atoms with Crippen molar-refractivity contribution in [3.8, 4) is 22.3 Å². The molecular weight excluding hydrogens is 607 g/mol. The van der Waals surface area contributed by atoms with Crippen LogP contribution in [-0.4, -0.2) is 0 Å². The van der Waals surface area contributed by atoms with Gasteiger partial charge in [-0.1, -0.05) is 164 Å². The van der Waals surface area contributed by atoms with Crippen molar-refractivity contribution in [2.24, 2.45) is 0 Å². The fourth-order valence-electron chi connectivity index (χ4n) is 7.69. The van der Waals surface area contributed by atoms with Crippen molar-refractivity contribution < 1.29 is 4.42 Å². The van der Waals surface area contributed by atoms with Gasteiger partial charge >= 0.3 is 0 Å². The Balaban J connectivity index is 1.30. The summed E-state index contributed by atoms with van der Waals surface area (Å²) >= 11 is 0. The number of nitrogens with zero attached hydrogens (tertiary/aromatic N) is 1. The lowest BCUT2D eigenvalue weighted by Crippen LogP contribution is -2.11. The molecule has 0 aliphatic rings. The van der Waals surface area contributed by atoms with E-state index in [-0.39, 0.29) is 0 Å². The number of hydrogen-bond acceptors (Lipinski definition) is 2. The highest BCUT2D eigenvalue weighted by atomic mass is 16.3. The third-order valence-corrected chi connectivity index (χ3v) is 10.0. The summed E-state index contributed by atoms with van der Waals surface area (Å²) in [6, 6.07) is 67.4. The second kappa shape index (κ2) is 11.5. The van der Waals surface area contributed by atoms with Crippen LogP contribution in [0.5, 0.6) is 0 Å². The van der Waals surface area contributed by atoms with Gasteiger partial charge in [-0.3, -0.25) is 0 Å². The van der Waals surface area contributed by atoms with Crippen molar-refractivity contribution in [2.45, 2.75) is 0 Å². The number of furan rings is 1. The second-order valence-electron chi connectivity index (χ2n) is 12.9. The number of anilines is 3. The van der Waals surface area contributed by atoms with Gasteiger partial charge in [-0.25, -0.2) is 0 Å². The van der Waals surface area contributed by atoms with Crippen LogP contribution in [0.25, 0.3) is 76.5 Å². The van der Waals surface area contributed by atoms with Crippen LogP contribution in [0.4, 0.5) is 17.1 Å². The average Bonchev–Trinajstić information content (AvgIpc) is 3.58. The fraction of sp³-hybridized carbons (Fsp3) is 0. The predicted molar refractivity (Wildman–Crippen MR) is 212 cm³/mol. The molecule has 0 atom stereocenters. The minimum absolute atomic E-state index is 0.908. The molecule has 2 nitrogen and oxygen atoms in total. The molecule has 0 saturated heterocycles. The van der Waals surface area contributed by atoms with Crippen molar-refractivity contribution >= 4 is 71.3 Å². The molecule has 0 unspecified atom stereocenters. The van der Waals surface area contributed by atoms with Gasteiger partial charge in [-0.2, -0.15) is 0 Å². The first-order valence-corrected chi connectivity index (χ1v) is 17.1. The molecule has 0 bridgehead atoms. The van der Waals surface area contributed by atoms with Crippen LogP contribution in [0.1, 0.15) is 0 Å². The van der Waals surface area contributed by atoms with Crippen molar-refractivity contribution in [1.82, 2.24) is 0 Å². The van der Waals surface area contributed by atoms with Crippen LogP contribution >= 0.6 is 0 Å². The predicted octanol–water partition coefficient (Wildman–Crippen LogP) is 13.8. The number of fused-ring (bicyclic) bond motifs is 8. The molecule has 0 N–H and O–H groups in total. The van der Waals surface area contributed by atoms with E-state index >= 15 is 0 Å². The SMILES string of the molecule is c1ccc(-c2ccc(N(c3cc4ccccc4c4ccccc34)c3cc4c5cccc(-c6ccccc6)c5oc4c4ccccc34)cc2)cc1. The van der Waals surface area contributed by atoms with E-state index in [0.29, 0.717) is 0 Å². The molecule has 0 spiro atoms. The number of hydrogen-bond donors (Lipinski definition) is 0. The summed E-state index contributed by atoms with van der Waals surface area (Å²) in [4.78, 5) is 2.45. The molecule has 10 aromatic rings. The van der Waals surface area contributed by atoms with E-state index in [2.05, 4.69) is 193 Å². The molecule has 50 heavy (non-hydrogen) atoms. The molecule has 2 heteroatoms. The molecule has 0 amide bonds. The van der Waals surface area contributed by atoms with Crippen LogP contribution in [-0.2, 0) is 0 Å². The standard InChI is InChI=1S/C48H31NO/c1-3-14-32(15-4-1)33-26-28-36(29-27-33)49(45-30-35-18-7-8-19-37(35)39-20-9-10-21-40(39)45)46-31-44-43-25-13-24-38(34-16-5-2-6-17-34)47(43)50-48(44)42-23-12-11-22-41(42)46/h1-31H. The highest BCUT2D eigenvalue weighted by Crippen LogP contribution is 2.48. The Bertz CT molecular complexity index is 2850. The van der Waals surface area contributed by atoms with Crippen molar-refractivity contribution in [2.75, 3.05) is 4.90 Å². The summed E-state index contributed by atoms with van der Waals surface area (Å²) in [6.07, 6.45) is 0. The first kappa shape index (κ1) is 28.4. The van der Waals surface area contributed by atoms with Gasteiger partial charge in [0.25, 0.3) is 0 Å². The summed E-state index contributed by atoms with van der Waals surface area (Å²) in [5.41, 5.74) is 9.77. The molecule has 1 heterocycles. The molecule has 0 fully saturated rings. The van der Waals surface area contributed by atoms with Gasteiger partial charge in [0.2, 0.25) is 0 Å². The fourth-order valence-corrected chi connectivity index (χ4v) is 7.69. The van der Waals surface area contributed by atoms with Crippen molar-refractivity contribution in [3.05, 3.63) is 188 Å². The zero-order chi connectivity index (χ0) is 33.0. The van der Waals surface area contributed by atoms with Crippen molar-refractivity contribution in [3.63, 3.8) is 0 Å². The molecular formula is C48H31NO. The van der Waals surface area contributed by atoms with E-state index in [4.69, 9.17) is 4.42 Å². The zero-order valence-corrected chi connectivity index (χ0v) is 27.3. The van der Waals surface area contributed by atoms with Crippen LogP contribution in [0.3, 0.4) is 0 Å². The highest BCUT2D eigenvalue weighted by Gasteiger charge is 2.23. The minimum atomic E-state index is 0.908. The first-order chi connectivity index (χ1) is 24.8. The van der Waals surface area contributed by atoms with E-state index in [1.807, 2.05) is 0 Å². The molecule has 9 aromatic carbocycles. The Morgan fingerprint density at radius 2 is 0.840 bits per heavy atom. The Hall–Kier alpha value is -6.64. The molecule has 0 saturated carbocycles. The zero-order valence-electron chi connectivity index (χ0n) is 27.3. The summed E-state index contributed by atoms with van der Waals surface area (Å²) in [5.74, 6) is 0. The van der Waals surface area contributed by atoms with E-state index in [1.165, 1.54) is 32.7 Å². The maximum absolute atomic E-state index is 6.87. The van der Waals surface area contributed by atoms with Crippen LogP contribution in [0.2, 0.25) is 0 Å². The molecule has 10 rings (SSSR count). The van der Waals surface area contributed by atoms with E-state index in [9.17, 15) is 0 Å². The lowest BCUT2D eigenvalue weighted by molar-refractivity contribution is 0.674. The molecule has 234 valence electrons. The normalized spacial score (nSPS) is 11.6. The Morgan fingerprint density at radius 3 is 1.58 bits per heavy atom. The van der Waals surface area contributed by atoms with Gasteiger partial charge in [0.1, 0.15) is 11.2 Å². The Kier molecular flexibility index (Phi) is 6.53. The van der Waals surface area contributed by atoms with Crippen LogP contribution in [0.15, 0.2) is 192 Å². The maximum atomic E-state index is 6.87. The molecule has 0 aliphatic heterocycles. The quantitative estimate of drug-likeness (QED) is 0.175. The third kappa shape index (κ3) is 4.50. The molecule has 0 radical (unpaired) electrons. The summed E-state index contributed by atoms with van der Waals surface area (Å²) in [7, 11) is 0. The van der Waals surface area contributed by atoms with E-state index < -0.39 is 0 Å². The summed E-state index contributed by atoms with van der Waals surface area (Å²) in [6.45, 7) is 0. The van der Waals surface area contributed by atoms with Gasteiger partial charge in [0, 0.05) is 38.2 Å². The second-order valence-corrected chi connectivity index (χ2v) is 12.9. The average molecular weight is 638 g/mol. The number of para-hydroxylation sites is 1.